The molecule has 1 amide bonds. The Hall–Kier alpha value is -0.770. The molecule has 1 saturated carbocycles. The molecule has 1 aliphatic carbocycles. The van der Waals surface area contributed by atoms with E-state index in [-0.39, 0.29) is 11.6 Å². The first-order valence-electron chi connectivity index (χ1n) is 8.25. The first kappa shape index (κ1) is 18.3. The highest BCUT2D eigenvalue weighted by Gasteiger charge is 2.30. The summed E-state index contributed by atoms with van der Waals surface area (Å²) in [4.78, 5) is 14.2. The van der Waals surface area contributed by atoms with Gasteiger partial charge in [-0.15, -0.1) is 0 Å². The Labute approximate surface area is 130 Å². The normalized spacial score (nSPS) is 18.0. The van der Waals surface area contributed by atoms with Crippen molar-refractivity contribution in [3.63, 3.8) is 0 Å². The van der Waals surface area contributed by atoms with Crippen LogP contribution in [0.3, 0.4) is 0 Å². The molecular weight excluding hydrogens is 264 g/mol. The molecule has 1 aliphatic rings. The van der Waals surface area contributed by atoms with E-state index in [9.17, 15) is 4.79 Å². The standard InChI is InChI=1S/C17H34N2O2/c1-13(14-9-8-10-14)18-11-12-19(16(2,3)4)15(20)21-17(5,6)7/h13-14,18H,8-12H2,1-7H3. The Morgan fingerprint density at radius 3 is 2.19 bits per heavy atom. The van der Waals surface area contributed by atoms with Crippen LogP contribution < -0.4 is 5.32 Å². The van der Waals surface area contributed by atoms with Crippen LogP contribution in [0.4, 0.5) is 4.79 Å². The number of hydrogen-bond acceptors (Lipinski definition) is 3. The second-order valence-corrected chi connectivity index (χ2v) is 8.24. The van der Waals surface area contributed by atoms with Crippen LogP contribution in [-0.2, 0) is 4.74 Å². The topological polar surface area (TPSA) is 41.6 Å². The van der Waals surface area contributed by atoms with E-state index in [2.05, 4.69) is 12.2 Å². The number of carbonyl (C=O) groups is 1. The fourth-order valence-electron chi connectivity index (χ4n) is 2.53. The summed E-state index contributed by atoms with van der Waals surface area (Å²) in [7, 11) is 0. The van der Waals surface area contributed by atoms with Gasteiger partial charge in [-0.1, -0.05) is 6.42 Å². The van der Waals surface area contributed by atoms with Crippen LogP contribution in [-0.4, -0.2) is 41.3 Å². The Bertz CT molecular complexity index is 338. The van der Waals surface area contributed by atoms with Gasteiger partial charge in [-0.25, -0.2) is 4.79 Å². The summed E-state index contributed by atoms with van der Waals surface area (Å²) in [6.45, 7) is 15.6. The van der Waals surface area contributed by atoms with Crippen LogP contribution in [0.15, 0.2) is 0 Å². The molecule has 124 valence electrons. The quantitative estimate of drug-likeness (QED) is 0.839. The first-order chi connectivity index (χ1) is 9.50. The molecule has 0 spiro atoms. The second kappa shape index (κ2) is 6.99. The predicted octanol–water partition coefficient (Wildman–Crippen LogP) is 3.80. The zero-order valence-corrected chi connectivity index (χ0v) is 15.0. The SMILES string of the molecule is CC(NCCN(C(=O)OC(C)(C)C)C(C)(C)C)C1CCC1. The summed E-state index contributed by atoms with van der Waals surface area (Å²) in [5.41, 5.74) is -0.684. The molecule has 4 nitrogen and oxygen atoms in total. The minimum Gasteiger partial charge on any atom is -0.444 e. The molecule has 0 bridgehead atoms. The van der Waals surface area contributed by atoms with Gasteiger partial charge < -0.3 is 15.0 Å². The fraction of sp³-hybridized carbons (Fsp3) is 0.941. The van der Waals surface area contributed by atoms with Gasteiger partial charge in [-0.2, -0.15) is 0 Å². The molecule has 0 aromatic carbocycles. The molecule has 0 radical (unpaired) electrons. The Morgan fingerprint density at radius 2 is 1.81 bits per heavy atom. The molecule has 1 N–H and O–H groups in total. The predicted molar refractivity (Wildman–Crippen MR) is 87.5 cm³/mol. The van der Waals surface area contributed by atoms with Crippen LogP contribution in [0.2, 0.25) is 0 Å². The van der Waals surface area contributed by atoms with Gasteiger partial charge in [-0.3, -0.25) is 0 Å². The lowest BCUT2D eigenvalue weighted by Gasteiger charge is -2.38. The first-order valence-corrected chi connectivity index (χ1v) is 8.25. The number of carbonyl (C=O) groups excluding carboxylic acids is 1. The zero-order valence-electron chi connectivity index (χ0n) is 15.0. The van der Waals surface area contributed by atoms with E-state index in [0.717, 1.165) is 12.5 Å². The van der Waals surface area contributed by atoms with Gasteiger partial charge in [0.1, 0.15) is 5.60 Å². The maximum absolute atomic E-state index is 12.4. The Balaban J connectivity index is 2.48. The van der Waals surface area contributed by atoms with Gasteiger partial charge in [0.25, 0.3) is 0 Å². The van der Waals surface area contributed by atoms with Crippen LogP contribution >= 0.6 is 0 Å². The molecule has 4 heteroatoms. The number of amides is 1. The van der Waals surface area contributed by atoms with E-state index >= 15 is 0 Å². The summed E-state index contributed by atoms with van der Waals surface area (Å²) in [6, 6.07) is 0.541. The van der Waals surface area contributed by atoms with Crippen molar-refractivity contribution in [1.82, 2.24) is 10.2 Å². The van der Waals surface area contributed by atoms with E-state index in [1.165, 1.54) is 19.3 Å². The number of ether oxygens (including phenoxy) is 1. The molecule has 1 fully saturated rings. The summed E-state index contributed by atoms with van der Waals surface area (Å²) in [6.07, 6.45) is 3.81. The highest BCUT2D eigenvalue weighted by molar-refractivity contribution is 5.69. The molecule has 1 atom stereocenters. The number of nitrogens with one attached hydrogen (secondary N) is 1. The van der Waals surface area contributed by atoms with E-state index in [1.54, 1.807) is 0 Å². The van der Waals surface area contributed by atoms with Crippen LogP contribution in [0.1, 0.15) is 67.7 Å². The molecule has 21 heavy (non-hydrogen) atoms. The smallest absolute Gasteiger partial charge is 0.410 e. The highest BCUT2D eigenvalue weighted by atomic mass is 16.6. The lowest BCUT2D eigenvalue weighted by molar-refractivity contribution is 0.00627. The van der Waals surface area contributed by atoms with E-state index in [1.807, 2.05) is 46.4 Å². The summed E-state index contributed by atoms with van der Waals surface area (Å²) in [5, 5.41) is 3.56. The number of hydrogen-bond donors (Lipinski definition) is 1. The van der Waals surface area contributed by atoms with Crippen molar-refractivity contribution < 1.29 is 9.53 Å². The lowest BCUT2D eigenvalue weighted by Crippen LogP contribution is -2.51. The molecule has 0 aromatic rings. The van der Waals surface area contributed by atoms with Crippen LogP contribution in [0.5, 0.6) is 0 Å². The van der Waals surface area contributed by atoms with Crippen molar-refractivity contribution in [2.45, 2.75) is 84.9 Å². The molecule has 0 saturated heterocycles. The van der Waals surface area contributed by atoms with Crippen molar-refractivity contribution in [3.05, 3.63) is 0 Å². The van der Waals surface area contributed by atoms with E-state index in [4.69, 9.17) is 4.74 Å². The minimum atomic E-state index is -0.451. The number of nitrogens with zero attached hydrogens (tertiary/aromatic N) is 1. The lowest BCUT2D eigenvalue weighted by atomic mass is 9.80. The largest absolute Gasteiger partial charge is 0.444 e. The Morgan fingerprint density at radius 1 is 1.24 bits per heavy atom. The molecular formula is C17H34N2O2. The minimum absolute atomic E-state index is 0.229. The molecule has 1 unspecified atom stereocenters. The maximum atomic E-state index is 12.4. The van der Waals surface area contributed by atoms with Gasteiger partial charge >= 0.3 is 6.09 Å². The van der Waals surface area contributed by atoms with Crippen LogP contribution in [0, 0.1) is 5.92 Å². The van der Waals surface area contributed by atoms with Gasteiger partial charge in [-0.05, 0) is 67.2 Å². The van der Waals surface area contributed by atoms with E-state index < -0.39 is 5.60 Å². The van der Waals surface area contributed by atoms with Gasteiger partial charge in [0.05, 0.1) is 0 Å². The summed E-state index contributed by atoms with van der Waals surface area (Å²) < 4.78 is 5.52. The van der Waals surface area contributed by atoms with Crippen molar-refractivity contribution in [1.29, 1.82) is 0 Å². The maximum Gasteiger partial charge on any atom is 0.410 e. The third kappa shape index (κ3) is 6.25. The fourth-order valence-corrected chi connectivity index (χ4v) is 2.53. The highest BCUT2D eigenvalue weighted by Crippen LogP contribution is 2.29. The van der Waals surface area contributed by atoms with Crippen LogP contribution in [0.25, 0.3) is 0 Å². The van der Waals surface area contributed by atoms with Gasteiger partial charge in [0.15, 0.2) is 0 Å². The average molecular weight is 298 g/mol. The second-order valence-electron chi connectivity index (χ2n) is 8.24. The van der Waals surface area contributed by atoms with Crippen molar-refractivity contribution in [2.24, 2.45) is 5.92 Å². The Kier molecular flexibility index (Phi) is 6.09. The monoisotopic (exact) mass is 298 g/mol. The zero-order chi connectivity index (χ0) is 16.3. The average Bonchev–Trinajstić information content (AvgIpc) is 2.16. The van der Waals surface area contributed by atoms with Gasteiger partial charge in [0, 0.05) is 24.7 Å². The molecule has 0 aromatic heterocycles. The number of rotatable bonds is 5. The molecule has 1 rings (SSSR count). The summed E-state index contributed by atoms with van der Waals surface area (Å²) >= 11 is 0. The van der Waals surface area contributed by atoms with Gasteiger partial charge in [0.2, 0.25) is 0 Å². The summed E-state index contributed by atoms with van der Waals surface area (Å²) in [5.74, 6) is 0.814. The molecule has 0 heterocycles. The third-order valence-electron chi connectivity index (χ3n) is 4.08. The van der Waals surface area contributed by atoms with E-state index in [0.29, 0.717) is 12.6 Å². The third-order valence-corrected chi connectivity index (χ3v) is 4.08. The van der Waals surface area contributed by atoms with Crippen molar-refractivity contribution >= 4 is 6.09 Å². The van der Waals surface area contributed by atoms with Crippen molar-refractivity contribution in [3.8, 4) is 0 Å². The van der Waals surface area contributed by atoms with Crippen molar-refractivity contribution in [2.75, 3.05) is 13.1 Å². The molecule has 0 aliphatic heterocycles.